The van der Waals surface area contributed by atoms with Gasteiger partial charge in [-0.15, -0.1) is 0 Å². The number of ether oxygens (including phenoxy) is 1. The van der Waals surface area contributed by atoms with Crippen molar-refractivity contribution in [2.75, 3.05) is 6.61 Å². The molecule has 4 rings (SSSR count). The molecule has 1 aliphatic rings. The van der Waals surface area contributed by atoms with Gasteiger partial charge >= 0.3 is 28.9 Å². The molecule has 0 saturated carbocycles. The van der Waals surface area contributed by atoms with Crippen molar-refractivity contribution < 1.29 is 56.5 Å². The number of rotatable bonds is 10. The van der Waals surface area contributed by atoms with E-state index in [0.717, 1.165) is 28.5 Å². The third-order valence-electron chi connectivity index (χ3n) is 5.84. The van der Waals surface area contributed by atoms with E-state index in [1.165, 1.54) is 18.2 Å². The molecular weight excluding hydrogens is 633 g/mol. The van der Waals surface area contributed by atoms with Gasteiger partial charge in [0.1, 0.15) is 23.9 Å². The number of aliphatic hydroxyl groups is 2. The zero-order chi connectivity index (χ0) is 31.4. The summed E-state index contributed by atoms with van der Waals surface area (Å²) in [5.74, 6) is 5.40. The van der Waals surface area contributed by atoms with Crippen LogP contribution in [0.4, 0.5) is 0 Å². The Labute approximate surface area is 242 Å². The van der Waals surface area contributed by atoms with E-state index < -0.39 is 70.9 Å². The van der Waals surface area contributed by atoms with Crippen molar-refractivity contribution in [3.8, 4) is 11.8 Å². The Bertz CT molecular complexity index is 1770. The molecule has 2 aromatic carbocycles. The Kier molecular flexibility index (Phi) is 10.2. The molecule has 0 aliphatic carbocycles. The molecule has 16 nitrogen and oxygen atoms in total. The summed E-state index contributed by atoms with van der Waals surface area (Å²) < 4.78 is 55.8. The first kappa shape index (κ1) is 32.9. The molecule has 230 valence electrons. The van der Waals surface area contributed by atoms with Crippen molar-refractivity contribution in [1.82, 2.24) is 9.55 Å². The minimum Gasteiger partial charge on any atom is -0.387 e. The molecule has 2 heterocycles. The van der Waals surface area contributed by atoms with Crippen LogP contribution in [0.2, 0.25) is 0 Å². The molecule has 1 aromatic heterocycles. The smallest absolute Gasteiger partial charge is 0.387 e. The van der Waals surface area contributed by atoms with Gasteiger partial charge in [0.05, 0.1) is 11.9 Å². The highest BCUT2D eigenvalue weighted by molar-refractivity contribution is 7.71. The Morgan fingerprint density at radius 1 is 0.884 bits per heavy atom. The van der Waals surface area contributed by atoms with Gasteiger partial charge in [-0.3, -0.25) is 23.4 Å². The first-order chi connectivity index (χ1) is 20.2. The zero-order valence-corrected chi connectivity index (χ0v) is 24.5. The second-order valence-electron chi connectivity index (χ2n) is 8.97. The van der Waals surface area contributed by atoms with Gasteiger partial charge in [0, 0.05) is 12.6 Å². The maximum absolute atomic E-state index is 12.5. The molecule has 0 radical (unpaired) electrons. The van der Waals surface area contributed by atoms with E-state index in [0.29, 0.717) is 0 Å². The average Bonchev–Trinajstić information content (AvgIpc) is 3.21. The van der Waals surface area contributed by atoms with E-state index in [9.17, 15) is 48.2 Å². The molecule has 43 heavy (non-hydrogen) atoms. The number of hydrogen-bond acceptors (Lipinski definition) is 11. The van der Waals surface area contributed by atoms with Gasteiger partial charge in [0.15, 0.2) is 6.23 Å². The lowest BCUT2D eigenvalue weighted by Crippen LogP contribution is -2.38. The lowest BCUT2D eigenvalue weighted by atomic mass is 10.1. The normalized spacial score (nSPS) is 24.2. The molecule has 19 heteroatoms. The van der Waals surface area contributed by atoms with Crippen molar-refractivity contribution in [3.63, 3.8) is 0 Å². The minimum atomic E-state index is -5.69. The maximum atomic E-state index is 12.5. The first-order valence-electron chi connectivity index (χ1n) is 12.2. The van der Waals surface area contributed by atoms with Gasteiger partial charge in [-0.05, 0) is 17.7 Å². The lowest BCUT2D eigenvalue weighted by Gasteiger charge is -2.20. The summed E-state index contributed by atoms with van der Waals surface area (Å²) in [6.07, 6.45) is -5.59. The maximum Gasteiger partial charge on any atom is 0.488 e. The summed E-state index contributed by atoms with van der Waals surface area (Å²) in [4.78, 5) is 56.4. The van der Waals surface area contributed by atoms with Crippen molar-refractivity contribution in [2.24, 2.45) is 0 Å². The quantitative estimate of drug-likeness (QED) is 0.128. The number of aromatic nitrogens is 2. The monoisotopic (exact) mass is 658 g/mol. The molecule has 0 bridgehead atoms. The van der Waals surface area contributed by atoms with E-state index in [1.807, 2.05) is 35.3 Å². The van der Waals surface area contributed by atoms with E-state index in [1.54, 1.807) is 0 Å². The van der Waals surface area contributed by atoms with Crippen LogP contribution in [0.25, 0.3) is 0 Å². The number of phosphoric acid groups is 2. The summed E-state index contributed by atoms with van der Waals surface area (Å²) >= 11 is 0. The fourth-order valence-electron chi connectivity index (χ4n) is 3.84. The summed E-state index contributed by atoms with van der Waals surface area (Å²) in [5.41, 5.74) is -1.14. The number of phosphoric ester groups is 1. The third kappa shape index (κ3) is 8.56. The standard InChI is InChI=1S/C24H25N2O14P3/c27-20-19(15-37-42(33,34)40-43(35,36)39-41(31,32)18-12-5-2-6-13-18)38-23(21(20)28)26-14-17(22(29)25-24(26)30)11-7-10-16-8-3-1-4-9-16/h1-6,8-9,12-14,19-21,23,27-28H,10,15H2,(H,31,32)(H,33,34)(H,35,36)(H,25,29,30). The van der Waals surface area contributed by atoms with Crippen LogP contribution in [0.3, 0.4) is 0 Å². The van der Waals surface area contributed by atoms with Crippen molar-refractivity contribution in [1.29, 1.82) is 0 Å². The second kappa shape index (κ2) is 13.3. The van der Waals surface area contributed by atoms with Gasteiger partial charge in [-0.2, -0.15) is 4.31 Å². The van der Waals surface area contributed by atoms with Crippen molar-refractivity contribution in [2.45, 2.75) is 31.0 Å². The topological polar surface area (TPSA) is 244 Å². The number of aliphatic hydroxyl groups excluding tert-OH is 2. The van der Waals surface area contributed by atoms with E-state index in [-0.39, 0.29) is 12.0 Å². The molecule has 3 aromatic rings. The fraction of sp³-hybridized carbons (Fsp3) is 0.250. The number of nitrogens with one attached hydrogen (secondary N) is 1. The Balaban J connectivity index is 1.42. The Morgan fingerprint density at radius 3 is 2.16 bits per heavy atom. The molecular formula is C24H25N2O14P3. The fourth-order valence-corrected chi connectivity index (χ4v) is 7.84. The predicted octanol–water partition coefficient (Wildman–Crippen LogP) is 0.511. The van der Waals surface area contributed by atoms with Crippen LogP contribution in [0.5, 0.6) is 0 Å². The average molecular weight is 658 g/mol. The number of nitrogens with zero attached hydrogens (tertiary/aromatic N) is 1. The van der Waals surface area contributed by atoms with Crippen LogP contribution in [0.1, 0.15) is 17.4 Å². The van der Waals surface area contributed by atoms with Gasteiger partial charge in [0.2, 0.25) is 0 Å². The van der Waals surface area contributed by atoms with Crippen LogP contribution in [-0.4, -0.2) is 59.4 Å². The molecule has 7 unspecified atom stereocenters. The summed E-state index contributed by atoms with van der Waals surface area (Å²) in [7, 11) is -16.2. The number of H-pyrrole nitrogens is 1. The van der Waals surface area contributed by atoms with E-state index in [4.69, 9.17) is 4.74 Å². The molecule has 0 spiro atoms. The van der Waals surface area contributed by atoms with Gasteiger partial charge in [-0.1, -0.05) is 60.4 Å². The number of aromatic amines is 1. The summed E-state index contributed by atoms with van der Waals surface area (Å²) in [6.45, 7) is -1.04. The SMILES string of the molecule is O=c1[nH]c(=O)n(C2OC(COP(=O)(O)OP(=O)(O)OP(=O)(O)c3ccccc3)C(O)C2O)cc1C#CCc1ccccc1. The molecule has 6 N–H and O–H groups in total. The number of hydrogen-bond donors (Lipinski definition) is 6. The second-order valence-corrected chi connectivity index (χ2v) is 14.0. The summed E-state index contributed by atoms with van der Waals surface area (Å²) in [6, 6.07) is 15.5. The van der Waals surface area contributed by atoms with Crippen LogP contribution in [-0.2, 0) is 38.0 Å². The Hall–Kier alpha value is -2.99. The molecule has 1 aliphatic heterocycles. The predicted molar refractivity (Wildman–Crippen MR) is 148 cm³/mol. The highest BCUT2D eigenvalue weighted by atomic mass is 31.3. The van der Waals surface area contributed by atoms with Gasteiger partial charge in [0.25, 0.3) is 5.56 Å². The highest BCUT2D eigenvalue weighted by Gasteiger charge is 2.47. The highest BCUT2D eigenvalue weighted by Crippen LogP contribution is 2.67. The van der Waals surface area contributed by atoms with Gasteiger partial charge in [-0.25, -0.2) is 18.2 Å². The first-order valence-corrected chi connectivity index (χ1v) is 16.8. The van der Waals surface area contributed by atoms with Crippen molar-refractivity contribution >= 4 is 28.5 Å². The summed E-state index contributed by atoms with van der Waals surface area (Å²) in [5, 5.41) is 20.5. The molecule has 1 saturated heterocycles. The molecule has 1 fully saturated rings. The van der Waals surface area contributed by atoms with Crippen LogP contribution >= 0.6 is 23.2 Å². The molecule has 7 atom stereocenters. The van der Waals surface area contributed by atoms with Crippen LogP contribution in [0.15, 0.2) is 76.4 Å². The largest absolute Gasteiger partial charge is 0.488 e. The Morgan fingerprint density at radius 2 is 1.51 bits per heavy atom. The minimum absolute atomic E-state index is 0.163. The number of benzene rings is 2. The molecule has 0 amide bonds. The zero-order valence-electron chi connectivity index (χ0n) is 21.8. The van der Waals surface area contributed by atoms with Crippen LogP contribution in [0, 0.1) is 11.8 Å². The van der Waals surface area contributed by atoms with Crippen molar-refractivity contribution in [3.05, 3.63) is 98.8 Å². The van der Waals surface area contributed by atoms with Gasteiger partial charge < -0.3 is 29.6 Å². The van der Waals surface area contributed by atoms with E-state index in [2.05, 4.69) is 25.0 Å². The van der Waals surface area contributed by atoms with Crippen LogP contribution < -0.4 is 16.6 Å². The third-order valence-corrected chi connectivity index (χ3v) is 10.6. The lowest BCUT2D eigenvalue weighted by molar-refractivity contribution is -0.0542. The van der Waals surface area contributed by atoms with E-state index >= 15 is 0 Å².